The van der Waals surface area contributed by atoms with Crippen molar-refractivity contribution in [1.82, 2.24) is 0 Å². The molecule has 4 nitrogen and oxygen atoms in total. The molecule has 0 aliphatic carbocycles. The smallest absolute Gasteiger partial charge is 0.347 e. The molecule has 0 aromatic heterocycles. The van der Waals surface area contributed by atoms with Gasteiger partial charge in [0.25, 0.3) is 0 Å². The van der Waals surface area contributed by atoms with Crippen molar-refractivity contribution in [1.29, 1.82) is 0 Å². The molecule has 0 amide bonds. The first kappa shape index (κ1) is 17.6. The molecule has 0 saturated carbocycles. The monoisotopic (exact) mass is 398 g/mol. The lowest BCUT2D eigenvalue weighted by Gasteiger charge is -2.14. The first-order valence-corrected chi connectivity index (χ1v) is 8.23. The summed E-state index contributed by atoms with van der Waals surface area (Å²) in [6.07, 6.45) is -0.664. The maximum absolute atomic E-state index is 11.5. The van der Waals surface area contributed by atoms with E-state index in [0.717, 1.165) is 4.47 Å². The predicted molar refractivity (Wildman–Crippen MR) is 92.4 cm³/mol. The molecule has 0 aliphatic heterocycles. The molecule has 0 saturated heterocycles. The minimum atomic E-state index is -0.664. The lowest BCUT2D eigenvalue weighted by Crippen LogP contribution is -2.25. The molecule has 0 aliphatic rings. The number of ether oxygens (including phenoxy) is 3. The maximum atomic E-state index is 11.5. The Kier molecular flexibility index (Phi) is 6.30. The molecule has 0 bridgehead atoms. The van der Waals surface area contributed by atoms with E-state index in [2.05, 4.69) is 15.9 Å². The fraction of sp³-hybridized carbons (Fsp3) is 0.235. The zero-order valence-corrected chi connectivity index (χ0v) is 15.1. The summed E-state index contributed by atoms with van der Waals surface area (Å²) in [7, 11) is 0. The Labute approximate surface area is 148 Å². The van der Waals surface area contributed by atoms with Crippen LogP contribution in [0, 0.1) is 0 Å². The summed E-state index contributed by atoms with van der Waals surface area (Å²) in [6, 6.07) is 12.3. The number of carbonyl (C=O) groups excluding carboxylic acids is 1. The van der Waals surface area contributed by atoms with Gasteiger partial charge < -0.3 is 14.2 Å². The van der Waals surface area contributed by atoms with Crippen LogP contribution in [0.1, 0.15) is 13.8 Å². The van der Waals surface area contributed by atoms with Gasteiger partial charge in [-0.05, 0) is 56.3 Å². The SMILES string of the molecule is CCOC(=O)[C@@H](C)Oc1ccc(Oc2ccc(Br)cc2Cl)cc1. The minimum Gasteiger partial charge on any atom is -0.479 e. The molecular formula is C17H16BrClO4. The molecule has 1 atom stereocenters. The van der Waals surface area contributed by atoms with E-state index < -0.39 is 12.1 Å². The van der Waals surface area contributed by atoms with Gasteiger partial charge >= 0.3 is 5.97 Å². The molecule has 6 heteroatoms. The van der Waals surface area contributed by atoms with Crippen molar-refractivity contribution in [3.8, 4) is 17.2 Å². The van der Waals surface area contributed by atoms with Gasteiger partial charge in [-0.3, -0.25) is 0 Å². The van der Waals surface area contributed by atoms with Gasteiger partial charge in [-0.2, -0.15) is 0 Å². The number of carbonyl (C=O) groups is 1. The van der Waals surface area contributed by atoms with Gasteiger partial charge in [0.05, 0.1) is 11.6 Å². The molecule has 23 heavy (non-hydrogen) atoms. The highest BCUT2D eigenvalue weighted by molar-refractivity contribution is 9.10. The first-order chi connectivity index (χ1) is 11.0. The van der Waals surface area contributed by atoms with Crippen molar-refractivity contribution in [2.45, 2.75) is 20.0 Å². The van der Waals surface area contributed by atoms with Crippen LogP contribution in [0.2, 0.25) is 5.02 Å². The minimum absolute atomic E-state index is 0.327. The molecule has 0 heterocycles. The summed E-state index contributed by atoms with van der Waals surface area (Å²) < 4.78 is 17.0. The summed E-state index contributed by atoms with van der Waals surface area (Å²) in [4.78, 5) is 11.5. The standard InChI is InChI=1S/C17H16BrClO4/c1-3-21-17(20)11(2)22-13-5-7-14(8-6-13)23-16-9-4-12(18)10-15(16)19/h4-11H,3H2,1-2H3/t11-/m1/s1. The summed E-state index contributed by atoms with van der Waals surface area (Å²) in [5, 5.41) is 0.510. The molecule has 0 unspecified atom stereocenters. The highest BCUT2D eigenvalue weighted by Crippen LogP contribution is 2.32. The Morgan fingerprint density at radius 1 is 1.17 bits per heavy atom. The van der Waals surface area contributed by atoms with Gasteiger partial charge in [0.2, 0.25) is 0 Å². The second-order valence-corrected chi connectivity index (χ2v) is 5.98. The second-order valence-electron chi connectivity index (χ2n) is 4.66. The second kappa shape index (κ2) is 8.22. The van der Waals surface area contributed by atoms with Gasteiger partial charge in [0.15, 0.2) is 6.10 Å². The van der Waals surface area contributed by atoms with E-state index in [9.17, 15) is 4.79 Å². The van der Waals surface area contributed by atoms with Gasteiger partial charge in [-0.1, -0.05) is 27.5 Å². The van der Waals surface area contributed by atoms with Crippen LogP contribution >= 0.6 is 27.5 Å². The number of benzene rings is 2. The molecule has 0 fully saturated rings. The van der Waals surface area contributed by atoms with Gasteiger partial charge in [-0.15, -0.1) is 0 Å². The van der Waals surface area contributed by atoms with Gasteiger partial charge in [0, 0.05) is 4.47 Å². The first-order valence-electron chi connectivity index (χ1n) is 7.06. The average Bonchev–Trinajstić information content (AvgIpc) is 2.52. The molecule has 122 valence electrons. The predicted octanol–water partition coefficient (Wildman–Crippen LogP) is 5.23. The quantitative estimate of drug-likeness (QED) is 0.624. The Bertz CT molecular complexity index is 673. The normalized spacial score (nSPS) is 11.7. The Morgan fingerprint density at radius 3 is 2.43 bits per heavy atom. The van der Waals surface area contributed by atoms with Crippen LogP contribution in [0.5, 0.6) is 17.2 Å². The third kappa shape index (κ3) is 5.15. The highest BCUT2D eigenvalue weighted by Gasteiger charge is 2.15. The molecule has 2 aromatic rings. The van der Waals surface area contributed by atoms with E-state index >= 15 is 0 Å². The van der Waals surface area contributed by atoms with Crippen molar-refractivity contribution in [3.63, 3.8) is 0 Å². The van der Waals surface area contributed by atoms with Crippen LogP contribution in [0.3, 0.4) is 0 Å². The summed E-state index contributed by atoms with van der Waals surface area (Å²) >= 11 is 9.46. The number of rotatable bonds is 6. The molecule has 0 N–H and O–H groups in total. The summed E-state index contributed by atoms with van der Waals surface area (Å²) in [5.41, 5.74) is 0. The third-order valence-electron chi connectivity index (χ3n) is 2.88. The van der Waals surface area contributed by atoms with E-state index in [1.807, 2.05) is 6.07 Å². The molecule has 2 rings (SSSR count). The van der Waals surface area contributed by atoms with E-state index in [1.165, 1.54) is 0 Å². The van der Waals surface area contributed by atoms with Crippen LogP contribution in [-0.2, 0) is 9.53 Å². The van der Waals surface area contributed by atoms with E-state index in [4.69, 9.17) is 25.8 Å². The number of halogens is 2. The molecule has 2 aromatic carbocycles. The summed E-state index contributed by atoms with van der Waals surface area (Å²) in [6.45, 7) is 3.72. The van der Waals surface area contributed by atoms with Crippen LogP contribution < -0.4 is 9.47 Å². The van der Waals surface area contributed by atoms with E-state index in [-0.39, 0.29) is 0 Å². The topological polar surface area (TPSA) is 44.8 Å². The van der Waals surface area contributed by atoms with E-state index in [1.54, 1.807) is 50.2 Å². The lowest BCUT2D eigenvalue weighted by atomic mass is 10.3. The largest absolute Gasteiger partial charge is 0.479 e. The van der Waals surface area contributed by atoms with Gasteiger partial charge in [-0.25, -0.2) is 4.79 Å². The fourth-order valence-electron chi connectivity index (χ4n) is 1.78. The molecule has 0 spiro atoms. The maximum Gasteiger partial charge on any atom is 0.347 e. The summed E-state index contributed by atoms with van der Waals surface area (Å²) in [5.74, 6) is 1.34. The molecule has 0 radical (unpaired) electrons. The third-order valence-corrected chi connectivity index (χ3v) is 3.67. The van der Waals surface area contributed by atoms with Crippen molar-refractivity contribution < 1.29 is 19.0 Å². The highest BCUT2D eigenvalue weighted by atomic mass is 79.9. The van der Waals surface area contributed by atoms with Crippen molar-refractivity contribution in [2.24, 2.45) is 0 Å². The van der Waals surface area contributed by atoms with Crippen molar-refractivity contribution >= 4 is 33.5 Å². The Balaban J connectivity index is 2.00. The number of hydrogen-bond acceptors (Lipinski definition) is 4. The Hall–Kier alpha value is -1.72. The Morgan fingerprint density at radius 2 is 1.83 bits per heavy atom. The van der Waals surface area contributed by atoms with Crippen LogP contribution in [0.4, 0.5) is 0 Å². The fourth-order valence-corrected chi connectivity index (χ4v) is 2.50. The van der Waals surface area contributed by atoms with Crippen molar-refractivity contribution in [3.05, 3.63) is 52.0 Å². The lowest BCUT2D eigenvalue weighted by molar-refractivity contribution is -0.150. The zero-order chi connectivity index (χ0) is 16.8. The zero-order valence-electron chi connectivity index (χ0n) is 12.7. The average molecular weight is 400 g/mol. The van der Waals surface area contributed by atoms with Crippen LogP contribution in [-0.4, -0.2) is 18.7 Å². The number of hydrogen-bond donors (Lipinski definition) is 0. The van der Waals surface area contributed by atoms with Crippen LogP contribution in [0.15, 0.2) is 46.9 Å². The van der Waals surface area contributed by atoms with Gasteiger partial charge in [0.1, 0.15) is 17.2 Å². The number of esters is 1. The molecular weight excluding hydrogens is 384 g/mol. The van der Waals surface area contributed by atoms with Crippen LogP contribution in [0.25, 0.3) is 0 Å². The van der Waals surface area contributed by atoms with E-state index in [0.29, 0.717) is 28.9 Å². The van der Waals surface area contributed by atoms with Crippen molar-refractivity contribution in [2.75, 3.05) is 6.61 Å².